The third kappa shape index (κ3) is 6.82. The van der Waals surface area contributed by atoms with Crippen LogP contribution in [0, 0.1) is 5.92 Å². The van der Waals surface area contributed by atoms with Gasteiger partial charge in [0.1, 0.15) is 5.75 Å². The van der Waals surface area contributed by atoms with E-state index in [-0.39, 0.29) is 17.9 Å². The minimum absolute atomic E-state index is 0.172. The Kier molecular flexibility index (Phi) is 9.04. The molecule has 2 amide bonds. The average molecular weight is 527 g/mol. The van der Waals surface area contributed by atoms with Crippen molar-refractivity contribution in [2.75, 3.05) is 45.4 Å². The van der Waals surface area contributed by atoms with E-state index in [0.29, 0.717) is 49.8 Å². The maximum absolute atomic E-state index is 13.1. The van der Waals surface area contributed by atoms with Crippen LogP contribution in [0.4, 0.5) is 10.5 Å². The SMILES string of the molecule is COc1cc(NOOSc2cccc3cccnc23)ccc1C(=O)N1CCN(C(=O)OCC(C)C)CC1. The Morgan fingerprint density at radius 2 is 1.81 bits per heavy atom. The topological polar surface area (TPSA) is 102 Å². The van der Waals surface area contributed by atoms with E-state index in [2.05, 4.69) is 10.5 Å². The van der Waals surface area contributed by atoms with E-state index in [9.17, 15) is 9.59 Å². The third-order valence-corrected chi connectivity index (χ3v) is 6.36. The molecule has 1 N–H and O–H groups in total. The Bertz CT molecular complexity index is 1230. The fourth-order valence-electron chi connectivity index (χ4n) is 3.79. The van der Waals surface area contributed by atoms with E-state index < -0.39 is 0 Å². The molecule has 0 spiro atoms. The lowest BCUT2D eigenvalue weighted by atomic mass is 10.1. The van der Waals surface area contributed by atoms with E-state index in [0.717, 1.165) is 27.8 Å². The van der Waals surface area contributed by atoms with E-state index in [4.69, 9.17) is 18.8 Å². The normalized spacial score (nSPS) is 13.6. The van der Waals surface area contributed by atoms with Crippen molar-refractivity contribution in [1.82, 2.24) is 14.8 Å². The standard InChI is InChI=1S/C26H30N4O6S/c1-18(2)17-34-26(32)30-14-12-29(13-15-30)25(31)21-10-9-20(16-22(21)33-3)28-35-36-37-23-8-4-6-19-7-5-11-27-24(19)23/h4-11,16,18,28H,12-15,17H2,1-3H3. The van der Waals surface area contributed by atoms with Gasteiger partial charge in [-0.15, -0.1) is 9.32 Å². The van der Waals surface area contributed by atoms with Gasteiger partial charge in [0.15, 0.2) is 0 Å². The highest BCUT2D eigenvalue weighted by Crippen LogP contribution is 2.28. The molecule has 196 valence electrons. The number of benzene rings is 2. The van der Waals surface area contributed by atoms with E-state index in [1.165, 1.54) is 7.11 Å². The second-order valence-electron chi connectivity index (χ2n) is 8.83. The largest absolute Gasteiger partial charge is 0.496 e. The van der Waals surface area contributed by atoms with Crippen molar-refractivity contribution in [1.29, 1.82) is 0 Å². The van der Waals surface area contributed by atoms with Gasteiger partial charge in [0, 0.05) is 43.8 Å². The average Bonchev–Trinajstić information content (AvgIpc) is 2.93. The van der Waals surface area contributed by atoms with Gasteiger partial charge in [0.05, 0.1) is 47.4 Å². The number of carbonyl (C=O) groups is 2. The number of ether oxygens (including phenoxy) is 2. The smallest absolute Gasteiger partial charge is 0.409 e. The van der Waals surface area contributed by atoms with Gasteiger partial charge in [-0.1, -0.05) is 32.0 Å². The molecule has 37 heavy (non-hydrogen) atoms. The molecule has 0 unspecified atom stereocenters. The van der Waals surface area contributed by atoms with E-state index >= 15 is 0 Å². The summed E-state index contributed by atoms with van der Waals surface area (Å²) < 4.78 is 16.0. The molecule has 0 atom stereocenters. The van der Waals surface area contributed by atoms with E-state index in [1.54, 1.807) is 34.2 Å². The van der Waals surface area contributed by atoms with Crippen LogP contribution >= 0.6 is 12.0 Å². The number of amides is 2. The highest BCUT2D eigenvalue weighted by Gasteiger charge is 2.27. The van der Waals surface area contributed by atoms with Gasteiger partial charge >= 0.3 is 6.09 Å². The summed E-state index contributed by atoms with van der Waals surface area (Å²) in [5.74, 6) is 0.493. The van der Waals surface area contributed by atoms with Crippen LogP contribution in [0.2, 0.25) is 0 Å². The number of nitrogens with zero attached hydrogens (tertiary/aromatic N) is 3. The van der Waals surface area contributed by atoms with Crippen molar-refractivity contribution in [2.24, 2.45) is 5.92 Å². The molecule has 2 aromatic carbocycles. The van der Waals surface area contributed by atoms with Crippen molar-refractivity contribution in [3.8, 4) is 5.75 Å². The lowest BCUT2D eigenvalue weighted by Gasteiger charge is -2.34. The zero-order valence-corrected chi connectivity index (χ0v) is 21.8. The van der Waals surface area contributed by atoms with Gasteiger partial charge in [-0.25, -0.2) is 10.3 Å². The zero-order valence-electron chi connectivity index (χ0n) is 21.0. The molecule has 2 heterocycles. The first-order chi connectivity index (χ1) is 18.0. The zero-order chi connectivity index (χ0) is 26.2. The van der Waals surface area contributed by atoms with Gasteiger partial charge in [-0.2, -0.15) is 0 Å². The summed E-state index contributed by atoms with van der Waals surface area (Å²) >= 11 is 1.04. The van der Waals surface area contributed by atoms with Gasteiger partial charge < -0.3 is 19.3 Å². The van der Waals surface area contributed by atoms with Crippen LogP contribution < -0.4 is 10.2 Å². The lowest BCUT2D eigenvalue weighted by Crippen LogP contribution is -2.50. The number of rotatable bonds is 9. The number of nitrogens with one attached hydrogen (secondary N) is 1. The van der Waals surface area contributed by atoms with Crippen LogP contribution in [0.3, 0.4) is 0 Å². The summed E-state index contributed by atoms with van der Waals surface area (Å²) in [6.07, 6.45) is 1.38. The monoisotopic (exact) mass is 526 g/mol. The summed E-state index contributed by atoms with van der Waals surface area (Å²) in [6, 6.07) is 14.7. The molecule has 0 saturated carbocycles. The fourth-order valence-corrected chi connectivity index (χ4v) is 4.31. The first kappa shape index (κ1) is 26.5. The van der Waals surface area contributed by atoms with Crippen molar-refractivity contribution in [2.45, 2.75) is 18.7 Å². The van der Waals surface area contributed by atoms with Crippen LogP contribution in [-0.4, -0.2) is 66.7 Å². The minimum atomic E-state index is -0.342. The fraction of sp³-hybridized carbons (Fsp3) is 0.346. The molecule has 10 nitrogen and oxygen atoms in total. The number of hydrogen-bond acceptors (Lipinski definition) is 9. The van der Waals surface area contributed by atoms with Crippen LogP contribution in [0.25, 0.3) is 10.9 Å². The molecule has 0 radical (unpaired) electrons. The number of anilines is 1. The second-order valence-corrected chi connectivity index (χ2v) is 9.58. The first-order valence-electron chi connectivity index (χ1n) is 11.9. The van der Waals surface area contributed by atoms with Gasteiger partial charge in [-0.3, -0.25) is 9.78 Å². The Morgan fingerprint density at radius 3 is 2.57 bits per heavy atom. The quantitative estimate of drug-likeness (QED) is 0.183. The molecule has 11 heteroatoms. The predicted molar refractivity (Wildman–Crippen MR) is 140 cm³/mol. The Hall–Kier alpha value is -3.54. The van der Waals surface area contributed by atoms with Crippen molar-refractivity contribution in [3.05, 3.63) is 60.3 Å². The summed E-state index contributed by atoms with van der Waals surface area (Å²) in [5, 5.41) is 1.00. The summed E-state index contributed by atoms with van der Waals surface area (Å²) in [7, 11) is 1.50. The molecular formula is C26H30N4O6S. The van der Waals surface area contributed by atoms with Gasteiger partial charge in [0.2, 0.25) is 0 Å². The Balaban J connectivity index is 1.29. The molecule has 1 aliphatic rings. The molecule has 1 saturated heterocycles. The number of methoxy groups -OCH3 is 1. The third-order valence-electron chi connectivity index (χ3n) is 5.71. The number of piperazine rings is 1. The van der Waals surface area contributed by atoms with Gasteiger partial charge in [0.25, 0.3) is 5.91 Å². The molecule has 3 aromatic rings. The number of fused-ring (bicyclic) bond motifs is 1. The Labute approximate surface area is 219 Å². The van der Waals surface area contributed by atoms with Crippen LogP contribution in [0.1, 0.15) is 24.2 Å². The summed E-state index contributed by atoms with van der Waals surface area (Å²) in [5.41, 5.74) is 4.47. The maximum Gasteiger partial charge on any atom is 0.409 e. The van der Waals surface area contributed by atoms with Crippen molar-refractivity contribution < 1.29 is 28.4 Å². The van der Waals surface area contributed by atoms with Crippen molar-refractivity contribution in [3.63, 3.8) is 0 Å². The molecule has 1 fully saturated rings. The molecular weight excluding hydrogens is 496 g/mol. The number of hydrogen-bond donors (Lipinski definition) is 1. The van der Waals surface area contributed by atoms with Crippen molar-refractivity contribution >= 4 is 40.6 Å². The number of carbonyl (C=O) groups excluding carboxylic acids is 2. The van der Waals surface area contributed by atoms with Crippen LogP contribution in [-0.2, 0) is 14.1 Å². The number of aromatic nitrogens is 1. The van der Waals surface area contributed by atoms with E-state index in [1.807, 2.05) is 44.2 Å². The number of pyridine rings is 1. The van der Waals surface area contributed by atoms with Crippen LogP contribution in [0.15, 0.2) is 59.6 Å². The van der Waals surface area contributed by atoms with Crippen LogP contribution in [0.5, 0.6) is 5.75 Å². The highest BCUT2D eigenvalue weighted by atomic mass is 32.2. The summed E-state index contributed by atoms with van der Waals surface area (Å²) in [4.78, 5) is 39.0. The molecule has 1 aromatic heterocycles. The maximum atomic E-state index is 13.1. The minimum Gasteiger partial charge on any atom is -0.496 e. The van der Waals surface area contributed by atoms with Gasteiger partial charge in [-0.05, 0) is 30.2 Å². The number of para-hydroxylation sites is 1. The predicted octanol–water partition coefficient (Wildman–Crippen LogP) is 4.78. The molecule has 0 aliphatic carbocycles. The molecule has 1 aliphatic heterocycles. The first-order valence-corrected chi connectivity index (χ1v) is 12.7. The highest BCUT2D eigenvalue weighted by molar-refractivity contribution is 7.94. The molecule has 0 bridgehead atoms. The summed E-state index contributed by atoms with van der Waals surface area (Å²) in [6.45, 7) is 6.01. The second kappa shape index (κ2) is 12.6. The lowest BCUT2D eigenvalue weighted by molar-refractivity contribution is -0.161. The molecule has 4 rings (SSSR count). The Morgan fingerprint density at radius 1 is 1.05 bits per heavy atom.